The highest BCUT2D eigenvalue weighted by Crippen LogP contribution is 2.21. The van der Waals surface area contributed by atoms with E-state index in [-0.39, 0.29) is 11.7 Å². The third-order valence-corrected chi connectivity index (χ3v) is 2.67. The lowest BCUT2D eigenvalue weighted by molar-refractivity contribution is -0.131. The summed E-state index contributed by atoms with van der Waals surface area (Å²) in [6, 6.07) is 6.71. The molecule has 1 amide bonds. The van der Waals surface area contributed by atoms with Gasteiger partial charge in [0, 0.05) is 13.5 Å². The van der Waals surface area contributed by atoms with Gasteiger partial charge in [0.2, 0.25) is 0 Å². The second-order valence-electron chi connectivity index (χ2n) is 3.98. The summed E-state index contributed by atoms with van der Waals surface area (Å²) in [5.74, 6) is 0.347. The first kappa shape index (κ1) is 12.3. The predicted molar refractivity (Wildman–Crippen MR) is 66.8 cm³/mol. The largest absolute Gasteiger partial charge is 0.426 e. The van der Waals surface area contributed by atoms with E-state index in [0.29, 0.717) is 24.5 Å². The van der Waals surface area contributed by atoms with Crippen molar-refractivity contribution in [2.45, 2.75) is 13.8 Å². The fourth-order valence-corrected chi connectivity index (χ4v) is 1.84. The molecule has 1 aliphatic rings. The average molecular weight is 246 g/mol. The number of amides is 1. The standard InChI is InChI=1S/C13H14N2O3/c1-9-14-7-8-15(9)13(17)11-5-3-4-6-12(11)18-10(2)16/h3-6H,7-8H2,1-2H3. The summed E-state index contributed by atoms with van der Waals surface area (Å²) in [6.07, 6.45) is 0. The molecular weight excluding hydrogens is 232 g/mol. The SMILES string of the molecule is CC(=O)Oc1ccccc1C(=O)N1CCN=C1C. The van der Waals surface area contributed by atoms with Crippen molar-refractivity contribution in [2.24, 2.45) is 4.99 Å². The van der Waals surface area contributed by atoms with Crippen molar-refractivity contribution >= 4 is 17.7 Å². The Balaban J connectivity index is 2.30. The van der Waals surface area contributed by atoms with E-state index in [9.17, 15) is 9.59 Å². The summed E-state index contributed by atoms with van der Waals surface area (Å²) in [5.41, 5.74) is 0.379. The van der Waals surface area contributed by atoms with Gasteiger partial charge in [-0.2, -0.15) is 0 Å². The van der Waals surface area contributed by atoms with Crippen molar-refractivity contribution < 1.29 is 14.3 Å². The van der Waals surface area contributed by atoms with E-state index < -0.39 is 5.97 Å². The second-order valence-corrected chi connectivity index (χ2v) is 3.98. The molecule has 5 nitrogen and oxygen atoms in total. The normalized spacial score (nSPS) is 14.3. The molecule has 0 fully saturated rings. The van der Waals surface area contributed by atoms with Gasteiger partial charge < -0.3 is 4.74 Å². The van der Waals surface area contributed by atoms with Crippen LogP contribution in [-0.2, 0) is 4.79 Å². The summed E-state index contributed by atoms with van der Waals surface area (Å²) in [4.78, 5) is 29.1. The maximum atomic E-state index is 12.3. The van der Waals surface area contributed by atoms with E-state index >= 15 is 0 Å². The monoisotopic (exact) mass is 246 g/mol. The number of amidine groups is 1. The molecule has 1 aliphatic heterocycles. The minimum Gasteiger partial charge on any atom is -0.426 e. The van der Waals surface area contributed by atoms with E-state index in [4.69, 9.17) is 4.74 Å². The molecule has 2 rings (SSSR count). The highest BCUT2D eigenvalue weighted by molar-refractivity contribution is 6.08. The van der Waals surface area contributed by atoms with Crippen LogP contribution in [0.15, 0.2) is 29.3 Å². The van der Waals surface area contributed by atoms with Gasteiger partial charge in [-0.05, 0) is 19.1 Å². The molecule has 0 aliphatic carbocycles. The van der Waals surface area contributed by atoms with Crippen LogP contribution in [0.5, 0.6) is 5.75 Å². The van der Waals surface area contributed by atoms with Gasteiger partial charge in [0.25, 0.3) is 5.91 Å². The molecule has 0 unspecified atom stereocenters. The zero-order chi connectivity index (χ0) is 13.1. The van der Waals surface area contributed by atoms with E-state index in [1.165, 1.54) is 6.92 Å². The van der Waals surface area contributed by atoms with E-state index in [0.717, 1.165) is 0 Å². The smallest absolute Gasteiger partial charge is 0.308 e. The van der Waals surface area contributed by atoms with Crippen LogP contribution in [0.25, 0.3) is 0 Å². The van der Waals surface area contributed by atoms with E-state index in [2.05, 4.69) is 4.99 Å². The number of hydrogen-bond donors (Lipinski definition) is 0. The summed E-state index contributed by atoms with van der Waals surface area (Å²) >= 11 is 0. The Labute approximate surface area is 105 Å². The van der Waals surface area contributed by atoms with Crippen LogP contribution in [0, 0.1) is 0 Å². The molecule has 0 aromatic heterocycles. The molecule has 0 saturated heterocycles. The van der Waals surface area contributed by atoms with Crippen LogP contribution in [0.1, 0.15) is 24.2 Å². The van der Waals surface area contributed by atoms with Crippen molar-refractivity contribution in [3.8, 4) is 5.75 Å². The number of hydrogen-bond acceptors (Lipinski definition) is 4. The molecule has 1 heterocycles. The van der Waals surface area contributed by atoms with Crippen molar-refractivity contribution in [2.75, 3.05) is 13.1 Å². The summed E-state index contributed by atoms with van der Waals surface area (Å²) in [5, 5.41) is 0. The van der Waals surface area contributed by atoms with Gasteiger partial charge in [-0.1, -0.05) is 12.1 Å². The lowest BCUT2D eigenvalue weighted by atomic mass is 10.1. The van der Waals surface area contributed by atoms with Gasteiger partial charge in [0.05, 0.1) is 12.1 Å². The van der Waals surface area contributed by atoms with Crippen molar-refractivity contribution in [3.63, 3.8) is 0 Å². The first-order valence-electron chi connectivity index (χ1n) is 5.70. The Kier molecular flexibility index (Phi) is 3.41. The molecule has 1 aromatic carbocycles. The lowest BCUT2D eigenvalue weighted by Crippen LogP contribution is -2.33. The van der Waals surface area contributed by atoms with Crippen molar-refractivity contribution in [3.05, 3.63) is 29.8 Å². The topological polar surface area (TPSA) is 59.0 Å². The third-order valence-electron chi connectivity index (χ3n) is 2.67. The lowest BCUT2D eigenvalue weighted by Gasteiger charge is -2.17. The number of carbonyl (C=O) groups is 2. The zero-order valence-electron chi connectivity index (χ0n) is 10.3. The number of aliphatic imine (C=N–C) groups is 1. The number of carbonyl (C=O) groups excluding carboxylic acids is 2. The molecule has 0 N–H and O–H groups in total. The summed E-state index contributed by atoms with van der Waals surface area (Å²) in [6.45, 7) is 4.29. The molecular formula is C13H14N2O3. The Hall–Kier alpha value is -2.17. The van der Waals surface area contributed by atoms with Gasteiger partial charge in [-0.3, -0.25) is 19.5 Å². The summed E-state index contributed by atoms with van der Waals surface area (Å²) < 4.78 is 5.04. The molecule has 1 aromatic rings. The minimum atomic E-state index is -0.443. The number of para-hydroxylation sites is 1. The average Bonchev–Trinajstić information content (AvgIpc) is 2.74. The zero-order valence-corrected chi connectivity index (χ0v) is 10.3. The number of benzene rings is 1. The highest BCUT2D eigenvalue weighted by Gasteiger charge is 2.24. The maximum Gasteiger partial charge on any atom is 0.308 e. The van der Waals surface area contributed by atoms with Gasteiger partial charge in [-0.25, -0.2) is 0 Å². The van der Waals surface area contributed by atoms with Crippen LogP contribution >= 0.6 is 0 Å². The van der Waals surface area contributed by atoms with Crippen LogP contribution in [-0.4, -0.2) is 35.7 Å². The van der Waals surface area contributed by atoms with Gasteiger partial charge in [-0.15, -0.1) is 0 Å². The fourth-order valence-electron chi connectivity index (χ4n) is 1.84. The van der Waals surface area contributed by atoms with Crippen LogP contribution in [0.3, 0.4) is 0 Å². The fraction of sp³-hybridized carbons (Fsp3) is 0.308. The molecule has 0 saturated carbocycles. The molecule has 18 heavy (non-hydrogen) atoms. The molecule has 0 atom stereocenters. The second kappa shape index (κ2) is 5.00. The maximum absolute atomic E-state index is 12.3. The van der Waals surface area contributed by atoms with Crippen LogP contribution in [0.2, 0.25) is 0 Å². The number of esters is 1. The van der Waals surface area contributed by atoms with E-state index in [1.54, 1.807) is 36.1 Å². The first-order valence-corrected chi connectivity index (χ1v) is 5.70. The third kappa shape index (κ3) is 2.40. The van der Waals surface area contributed by atoms with Crippen LogP contribution < -0.4 is 4.74 Å². The Bertz CT molecular complexity index is 523. The van der Waals surface area contributed by atoms with E-state index in [1.807, 2.05) is 0 Å². The molecule has 94 valence electrons. The first-order chi connectivity index (χ1) is 8.59. The predicted octanol–water partition coefficient (Wildman–Crippen LogP) is 1.49. The van der Waals surface area contributed by atoms with Crippen molar-refractivity contribution in [1.29, 1.82) is 0 Å². The summed E-state index contributed by atoms with van der Waals surface area (Å²) in [7, 11) is 0. The Morgan fingerprint density at radius 2 is 2.06 bits per heavy atom. The number of nitrogens with zero attached hydrogens (tertiary/aromatic N) is 2. The highest BCUT2D eigenvalue weighted by atomic mass is 16.5. The molecule has 0 radical (unpaired) electrons. The molecule has 0 bridgehead atoms. The quantitative estimate of drug-likeness (QED) is 0.586. The van der Waals surface area contributed by atoms with Crippen molar-refractivity contribution in [1.82, 2.24) is 4.90 Å². The molecule has 5 heteroatoms. The van der Waals surface area contributed by atoms with Gasteiger partial charge >= 0.3 is 5.97 Å². The number of rotatable bonds is 2. The van der Waals surface area contributed by atoms with Gasteiger partial charge in [0.15, 0.2) is 0 Å². The van der Waals surface area contributed by atoms with Gasteiger partial charge in [0.1, 0.15) is 11.6 Å². The molecule has 0 spiro atoms. The minimum absolute atomic E-state index is 0.189. The number of ether oxygens (including phenoxy) is 1. The van der Waals surface area contributed by atoms with Crippen LogP contribution in [0.4, 0.5) is 0 Å². The Morgan fingerprint density at radius 3 is 2.67 bits per heavy atom. The Morgan fingerprint density at radius 1 is 1.33 bits per heavy atom.